The topological polar surface area (TPSA) is 21.1 Å². The Morgan fingerprint density at radius 3 is 2.18 bits per heavy atom. The van der Waals surface area contributed by atoms with Crippen LogP contribution in [-0.4, -0.2) is 22.9 Å². The molecule has 1 aliphatic heterocycles. The van der Waals surface area contributed by atoms with Crippen molar-refractivity contribution in [2.24, 2.45) is 0 Å². The molecule has 0 atom stereocenters. The van der Waals surface area contributed by atoms with E-state index in [-0.39, 0.29) is 0 Å². The zero-order valence-corrected chi connectivity index (χ0v) is 10.1. The Balaban J connectivity index is 1.84. The van der Waals surface area contributed by atoms with Gasteiger partial charge in [0.15, 0.2) is 0 Å². The van der Waals surface area contributed by atoms with E-state index in [1.165, 1.54) is 31.6 Å². The molecular formula is C14H17N3. The van der Waals surface area contributed by atoms with Crippen LogP contribution in [0.25, 0.3) is 5.69 Å². The molecule has 3 heteroatoms. The van der Waals surface area contributed by atoms with Gasteiger partial charge in [-0.1, -0.05) is 0 Å². The van der Waals surface area contributed by atoms with Crippen LogP contribution in [0.2, 0.25) is 0 Å². The lowest BCUT2D eigenvalue weighted by Gasteiger charge is -2.17. The van der Waals surface area contributed by atoms with Crippen LogP contribution < -0.4 is 4.90 Å². The lowest BCUT2D eigenvalue weighted by Crippen LogP contribution is -2.17. The summed E-state index contributed by atoms with van der Waals surface area (Å²) in [4.78, 5) is 2.44. The van der Waals surface area contributed by atoms with Gasteiger partial charge in [0, 0.05) is 25.0 Å². The second kappa shape index (κ2) is 4.24. The number of anilines is 1. The number of hydrogen-bond acceptors (Lipinski definition) is 2. The highest BCUT2D eigenvalue weighted by Gasteiger charge is 2.11. The molecule has 0 radical (unpaired) electrons. The Kier molecular flexibility index (Phi) is 2.59. The lowest BCUT2D eigenvalue weighted by atomic mass is 10.2. The molecule has 2 heterocycles. The first-order valence-corrected chi connectivity index (χ1v) is 6.20. The maximum Gasteiger partial charge on any atom is 0.0647 e. The molecule has 0 N–H and O–H groups in total. The Morgan fingerprint density at radius 2 is 1.59 bits per heavy atom. The number of aromatic nitrogens is 2. The van der Waals surface area contributed by atoms with Crippen molar-refractivity contribution in [3.8, 4) is 5.69 Å². The Morgan fingerprint density at radius 1 is 0.941 bits per heavy atom. The highest BCUT2D eigenvalue weighted by Crippen LogP contribution is 2.21. The van der Waals surface area contributed by atoms with Crippen LogP contribution in [0.4, 0.5) is 5.69 Å². The Hall–Kier alpha value is -1.77. The van der Waals surface area contributed by atoms with E-state index in [1.807, 2.05) is 23.9 Å². The Bertz CT molecular complexity index is 492. The minimum atomic E-state index is 1.05. The fraction of sp³-hybridized carbons (Fsp3) is 0.357. The van der Waals surface area contributed by atoms with Crippen LogP contribution >= 0.6 is 0 Å². The molecule has 17 heavy (non-hydrogen) atoms. The molecule has 1 saturated heterocycles. The predicted octanol–water partition coefficient (Wildman–Crippen LogP) is 2.78. The van der Waals surface area contributed by atoms with E-state index < -0.39 is 0 Å². The second-order valence-corrected chi connectivity index (χ2v) is 4.61. The summed E-state index contributed by atoms with van der Waals surface area (Å²) < 4.78 is 1.92. The van der Waals surface area contributed by atoms with Crippen molar-refractivity contribution in [3.63, 3.8) is 0 Å². The zero-order chi connectivity index (χ0) is 11.7. The highest BCUT2D eigenvalue weighted by molar-refractivity contribution is 5.51. The largest absolute Gasteiger partial charge is 0.372 e. The van der Waals surface area contributed by atoms with Crippen molar-refractivity contribution in [2.75, 3.05) is 18.0 Å². The van der Waals surface area contributed by atoms with Gasteiger partial charge in [-0.3, -0.25) is 0 Å². The number of aryl methyl sites for hydroxylation is 1. The summed E-state index contributed by atoms with van der Waals surface area (Å²) in [5.41, 5.74) is 3.50. The van der Waals surface area contributed by atoms with Crippen LogP contribution in [0.3, 0.4) is 0 Å². The quantitative estimate of drug-likeness (QED) is 0.786. The highest BCUT2D eigenvalue weighted by atomic mass is 15.3. The molecule has 3 rings (SSSR count). The van der Waals surface area contributed by atoms with Gasteiger partial charge in [-0.05, 0) is 50.1 Å². The summed E-state index contributed by atoms with van der Waals surface area (Å²) in [5.74, 6) is 0. The normalized spacial score (nSPS) is 15.5. The van der Waals surface area contributed by atoms with E-state index in [0.29, 0.717) is 0 Å². The molecule has 0 aliphatic carbocycles. The van der Waals surface area contributed by atoms with Gasteiger partial charge in [0.25, 0.3) is 0 Å². The fourth-order valence-corrected chi connectivity index (χ4v) is 2.35. The van der Waals surface area contributed by atoms with E-state index in [2.05, 4.69) is 34.3 Å². The van der Waals surface area contributed by atoms with Gasteiger partial charge in [-0.25, -0.2) is 4.68 Å². The summed E-state index contributed by atoms with van der Waals surface area (Å²) in [6.07, 6.45) is 4.64. The molecule has 88 valence electrons. The third-order valence-corrected chi connectivity index (χ3v) is 3.31. The molecule has 2 aromatic rings. The smallest absolute Gasteiger partial charge is 0.0647 e. The molecule has 3 nitrogen and oxygen atoms in total. The molecular weight excluding hydrogens is 210 g/mol. The van der Waals surface area contributed by atoms with Crippen LogP contribution in [0.1, 0.15) is 18.5 Å². The van der Waals surface area contributed by atoms with Gasteiger partial charge in [0.2, 0.25) is 0 Å². The van der Waals surface area contributed by atoms with E-state index in [9.17, 15) is 0 Å². The van der Waals surface area contributed by atoms with Gasteiger partial charge < -0.3 is 4.90 Å². The Labute approximate surface area is 102 Å². The van der Waals surface area contributed by atoms with E-state index in [4.69, 9.17) is 0 Å². The third-order valence-electron chi connectivity index (χ3n) is 3.31. The van der Waals surface area contributed by atoms with Gasteiger partial charge in [0.1, 0.15) is 0 Å². The number of hydrogen-bond donors (Lipinski definition) is 0. The first kappa shape index (κ1) is 10.4. The van der Waals surface area contributed by atoms with Gasteiger partial charge in [-0.15, -0.1) is 0 Å². The first-order chi connectivity index (χ1) is 8.33. The molecule has 1 aromatic heterocycles. The molecule has 0 unspecified atom stereocenters. The molecule has 0 bridgehead atoms. The van der Waals surface area contributed by atoms with Crippen molar-refractivity contribution in [1.82, 2.24) is 9.78 Å². The average Bonchev–Trinajstić information content (AvgIpc) is 3.00. The summed E-state index contributed by atoms with van der Waals surface area (Å²) in [7, 11) is 0. The summed E-state index contributed by atoms with van der Waals surface area (Å²) in [6, 6.07) is 10.7. The van der Waals surface area contributed by atoms with E-state index in [1.54, 1.807) is 0 Å². The molecule has 0 saturated carbocycles. The molecule has 0 spiro atoms. The number of benzene rings is 1. The van der Waals surface area contributed by atoms with Crippen molar-refractivity contribution in [3.05, 3.63) is 42.2 Å². The predicted molar refractivity (Wildman–Crippen MR) is 69.7 cm³/mol. The second-order valence-electron chi connectivity index (χ2n) is 4.61. The summed E-state index contributed by atoms with van der Waals surface area (Å²) in [6.45, 7) is 4.40. The third kappa shape index (κ3) is 2.05. The van der Waals surface area contributed by atoms with Crippen LogP contribution in [0.5, 0.6) is 0 Å². The molecule has 0 amide bonds. The minimum absolute atomic E-state index is 1.05. The monoisotopic (exact) mass is 227 g/mol. The summed E-state index contributed by atoms with van der Waals surface area (Å²) in [5, 5.41) is 4.41. The molecule has 1 fully saturated rings. The SMILES string of the molecule is Cc1ccn(-c2ccc(N3CCCC3)cc2)n1. The first-order valence-electron chi connectivity index (χ1n) is 6.20. The zero-order valence-electron chi connectivity index (χ0n) is 10.1. The standard InChI is InChI=1S/C14H17N3/c1-12-8-11-17(15-12)14-6-4-13(5-7-14)16-9-2-3-10-16/h4-8,11H,2-3,9-10H2,1H3. The van der Waals surface area contributed by atoms with Gasteiger partial charge in [-0.2, -0.15) is 5.10 Å². The fourth-order valence-electron chi connectivity index (χ4n) is 2.35. The van der Waals surface area contributed by atoms with Crippen molar-refractivity contribution in [1.29, 1.82) is 0 Å². The van der Waals surface area contributed by atoms with Crippen molar-refractivity contribution >= 4 is 5.69 Å². The number of nitrogens with zero attached hydrogens (tertiary/aromatic N) is 3. The van der Waals surface area contributed by atoms with Gasteiger partial charge in [0.05, 0.1) is 11.4 Å². The molecule has 1 aliphatic rings. The lowest BCUT2D eigenvalue weighted by molar-refractivity contribution is 0.861. The van der Waals surface area contributed by atoms with E-state index in [0.717, 1.165) is 11.4 Å². The average molecular weight is 227 g/mol. The van der Waals surface area contributed by atoms with Crippen LogP contribution in [0.15, 0.2) is 36.5 Å². The van der Waals surface area contributed by atoms with Gasteiger partial charge >= 0.3 is 0 Å². The maximum absolute atomic E-state index is 4.41. The molecule has 1 aromatic carbocycles. The minimum Gasteiger partial charge on any atom is -0.372 e. The maximum atomic E-state index is 4.41. The van der Waals surface area contributed by atoms with Crippen molar-refractivity contribution in [2.45, 2.75) is 19.8 Å². The number of rotatable bonds is 2. The van der Waals surface area contributed by atoms with Crippen LogP contribution in [-0.2, 0) is 0 Å². The van der Waals surface area contributed by atoms with Crippen molar-refractivity contribution < 1.29 is 0 Å². The summed E-state index contributed by atoms with van der Waals surface area (Å²) >= 11 is 0. The van der Waals surface area contributed by atoms with E-state index >= 15 is 0 Å². The van der Waals surface area contributed by atoms with Crippen LogP contribution in [0, 0.1) is 6.92 Å².